The van der Waals surface area contributed by atoms with Gasteiger partial charge >= 0.3 is 0 Å². The van der Waals surface area contributed by atoms with Crippen LogP contribution in [0.1, 0.15) is 28.0 Å². The molecule has 0 saturated heterocycles. The SMILES string of the molecule is O=C(NC1CCc2[nH]c3ccccc3c2C1)c1cccnc1. The Hall–Kier alpha value is -2.62. The molecule has 22 heavy (non-hydrogen) atoms. The van der Waals surface area contributed by atoms with E-state index >= 15 is 0 Å². The number of H-pyrrole nitrogens is 1. The van der Waals surface area contributed by atoms with Crippen molar-refractivity contribution in [1.82, 2.24) is 15.3 Å². The third kappa shape index (κ3) is 2.26. The summed E-state index contributed by atoms with van der Waals surface area (Å²) in [6, 6.07) is 12.1. The minimum atomic E-state index is -0.0404. The Morgan fingerprint density at radius 1 is 1.23 bits per heavy atom. The smallest absolute Gasteiger partial charge is 0.253 e. The zero-order valence-electron chi connectivity index (χ0n) is 12.2. The number of benzene rings is 1. The number of fused-ring (bicyclic) bond motifs is 3. The third-order valence-corrected chi connectivity index (χ3v) is 4.35. The number of carbonyl (C=O) groups is 1. The normalized spacial score (nSPS) is 17.2. The van der Waals surface area contributed by atoms with Crippen LogP contribution >= 0.6 is 0 Å². The maximum Gasteiger partial charge on any atom is 0.253 e. The Labute approximate surface area is 128 Å². The van der Waals surface area contributed by atoms with Crippen molar-refractivity contribution in [2.45, 2.75) is 25.3 Å². The number of aromatic nitrogens is 2. The Morgan fingerprint density at radius 2 is 2.14 bits per heavy atom. The van der Waals surface area contributed by atoms with Gasteiger partial charge in [0.15, 0.2) is 0 Å². The monoisotopic (exact) mass is 291 g/mol. The molecule has 1 aliphatic carbocycles. The highest BCUT2D eigenvalue weighted by Gasteiger charge is 2.23. The second kappa shape index (κ2) is 5.30. The van der Waals surface area contributed by atoms with Crippen LogP contribution < -0.4 is 5.32 Å². The fraction of sp³-hybridized carbons (Fsp3) is 0.222. The van der Waals surface area contributed by atoms with Gasteiger partial charge in [0.05, 0.1) is 5.56 Å². The van der Waals surface area contributed by atoms with Gasteiger partial charge in [-0.3, -0.25) is 9.78 Å². The summed E-state index contributed by atoms with van der Waals surface area (Å²) in [5.41, 5.74) is 4.46. The summed E-state index contributed by atoms with van der Waals surface area (Å²) in [5.74, 6) is -0.0404. The summed E-state index contributed by atoms with van der Waals surface area (Å²) in [7, 11) is 0. The fourth-order valence-corrected chi connectivity index (χ4v) is 3.26. The lowest BCUT2D eigenvalue weighted by Gasteiger charge is -2.23. The second-order valence-corrected chi connectivity index (χ2v) is 5.78. The molecule has 0 radical (unpaired) electrons. The largest absolute Gasteiger partial charge is 0.358 e. The van der Waals surface area contributed by atoms with Crippen molar-refractivity contribution in [3.8, 4) is 0 Å². The number of para-hydroxylation sites is 1. The van der Waals surface area contributed by atoms with E-state index in [2.05, 4.69) is 33.5 Å². The molecule has 0 saturated carbocycles. The minimum absolute atomic E-state index is 0.0404. The Morgan fingerprint density at radius 3 is 3.00 bits per heavy atom. The molecular weight excluding hydrogens is 274 g/mol. The molecule has 4 heteroatoms. The molecule has 4 nitrogen and oxygen atoms in total. The molecule has 0 bridgehead atoms. The molecule has 0 aliphatic heterocycles. The van der Waals surface area contributed by atoms with Crippen molar-refractivity contribution >= 4 is 16.8 Å². The van der Waals surface area contributed by atoms with Crippen molar-refractivity contribution in [2.75, 3.05) is 0 Å². The molecule has 0 spiro atoms. The van der Waals surface area contributed by atoms with Crippen LogP contribution in [0.3, 0.4) is 0 Å². The van der Waals surface area contributed by atoms with E-state index in [-0.39, 0.29) is 11.9 Å². The number of carbonyl (C=O) groups excluding carboxylic acids is 1. The number of amides is 1. The maximum atomic E-state index is 12.3. The number of nitrogens with one attached hydrogen (secondary N) is 2. The first-order chi connectivity index (χ1) is 10.8. The Balaban J connectivity index is 1.56. The van der Waals surface area contributed by atoms with Gasteiger partial charge < -0.3 is 10.3 Å². The van der Waals surface area contributed by atoms with E-state index in [0.29, 0.717) is 5.56 Å². The molecule has 110 valence electrons. The molecule has 1 aliphatic rings. The van der Waals surface area contributed by atoms with E-state index in [0.717, 1.165) is 19.3 Å². The Bertz CT molecular complexity index is 823. The van der Waals surface area contributed by atoms with Crippen LogP contribution in [-0.4, -0.2) is 21.9 Å². The summed E-state index contributed by atoms with van der Waals surface area (Å²) in [4.78, 5) is 19.8. The van der Waals surface area contributed by atoms with Crippen LogP contribution in [0, 0.1) is 0 Å². The number of rotatable bonds is 2. The average molecular weight is 291 g/mol. The number of nitrogens with zero attached hydrogens (tertiary/aromatic N) is 1. The van der Waals surface area contributed by atoms with Gasteiger partial charge in [-0.1, -0.05) is 18.2 Å². The van der Waals surface area contributed by atoms with E-state index in [1.54, 1.807) is 24.5 Å². The highest BCUT2D eigenvalue weighted by molar-refractivity contribution is 5.94. The predicted octanol–water partition coefficient (Wildman–Crippen LogP) is 2.85. The first kappa shape index (κ1) is 13.1. The van der Waals surface area contributed by atoms with E-state index in [4.69, 9.17) is 0 Å². The third-order valence-electron chi connectivity index (χ3n) is 4.35. The number of hydrogen-bond donors (Lipinski definition) is 2. The maximum absolute atomic E-state index is 12.3. The van der Waals surface area contributed by atoms with Crippen LogP contribution in [0.25, 0.3) is 10.9 Å². The second-order valence-electron chi connectivity index (χ2n) is 5.78. The average Bonchev–Trinajstić information content (AvgIpc) is 2.94. The van der Waals surface area contributed by atoms with Crippen molar-refractivity contribution < 1.29 is 4.79 Å². The van der Waals surface area contributed by atoms with Crippen LogP contribution in [0.4, 0.5) is 0 Å². The van der Waals surface area contributed by atoms with E-state index in [9.17, 15) is 4.79 Å². The molecule has 1 amide bonds. The predicted molar refractivity (Wildman–Crippen MR) is 85.8 cm³/mol. The van der Waals surface area contributed by atoms with Crippen molar-refractivity contribution in [1.29, 1.82) is 0 Å². The molecule has 4 rings (SSSR count). The van der Waals surface area contributed by atoms with Gasteiger partial charge in [0, 0.05) is 35.0 Å². The van der Waals surface area contributed by atoms with Crippen molar-refractivity contribution in [3.05, 3.63) is 65.6 Å². The number of hydrogen-bond acceptors (Lipinski definition) is 2. The molecule has 2 heterocycles. The number of pyridine rings is 1. The quantitative estimate of drug-likeness (QED) is 0.763. The summed E-state index contributed by atoms with van der Waals surface area (Å²) < 4.78 is 0. The van der Waals surface area contributed by atoms with E-state index in [1.165, 1.54) is 22.2 Å². The number of aromatic amines is 1. The molecule has 3 aromatic rings. The highest BCUT2D eigenvalue weighted by atomic mass is 16.1. The minimum Gasteiger partial charge on any atom is -0.358 e. The first-order valence-electron chi connectivity index (χ1n) is 7.60. The molecule has 2 aromatic heterocycles. The first-order valence-corrected chi connectivity index (χ1v) is 7.60. The van der Waals surface area contributed by atoms with Gasteiger partial charge in [0.2, 0.25) is 0 Å². The van der Waals surface area contributed by atoms with Gasteiger partial charge in [0.25, 0.3) is 5.91 Å². The van der Waals surface area contributed by atoms with Gasteiger partial charge in [-0.2, -0.15) is 0 Å². The summed E-state index contributed by atoms with van der Waals surface area (Å²) in [5, 5.41) is 4.41. The van der Waals surface area contributed by atoms with Crippen molar-refractivity contribution in [3.63, 3.8) is 0 Å². The van der Waals surface area contributed by atoms with Crippen LogP contribution in [0.15, 0.2) is 48.8 Å². The fourth-order valence-electron chi connectivity index (χ4n) is 3.26. The van der Waals surface area contributed by atoms with Crippen molar-refractivity contribution in [2.24, 2.45) is 0 Å². The Kier molecular flexibility index (Phi) is 3.15. The van der Waals surface area contributed by atoms with Crippen LogP contribution in [-0.2, 0) is 12.8 Å². The molecule has 1 atom stereocenters. The molecule has 2 N–H and O–H groups in total. The van der Waals surface area contributed by atoms with Gasteiger partial charge in [0.1, 0.15) is 0 Å². The van der Waals surface area contributed by atoms with Crippen LogP contribution in [0.2, 0.25) is 0 Å². The van der Waals surface area contributed by atoms with Gasteiger partial charge in [-0.05, 0) is 43.0 Å². The van der Waals surface area contributed by atoms with Gasteiger partial charge in [-0.25, -0.2) is 0 Å². The van der Waals surface area contributed by atoms with E-state index in [1.807, 2.05) is 6.07 Å². The molecular formula is C18H17N3O. The lowest BCUT2D eigenvalue weighted by molar-refractivity contribution is 0.0933. The lowest BCUT2D eigenvalue weighted by Crippen LogP contribution is -2.38. The summed E-state index contributed by atoms with van der Waals surface area (Å²) in [6.07, 6.45) is 6.10. The van der Waals surface area contributed by atoms with Gasteiger partial charge in [-0.15, -0.1) is 0 Å². The van der Waals surface area contributed by atoms with Crippen LogP contribution in [0.5, 0.6) is 0 Å². The molecule has 1 unspecified atom stereocenters. The standard InChI is InChI=1S/C18H17N3O/c22-18(12-4-3-9-19-11-12)20-13-7-8-17-15(10-13)14-5-1-2-6-16(14)21-17/h1-6,9,11,13,21H,7-8,10H2,(H,20,22). The topological polar surface area (TPSA) is 57.8 Å². The summed E-state index contributed by atoms with van der Waals surface area (Å²) in [6.45, 7) is 0. The zero-order valence-corrected chi connectivity index (χ0v) is 12.2. The summed E-state index contributed by atoms with van der Waals surface area (Å²) >= 11 is 0. The lowest BCUT2D eigenvalue weighted by atomic mass is 9.91. The highest BCUT2D eigenvalue weighted by Crippen LogP contribution is 2.29. The molecule has 1 aromatic carbocycles. The number of aryl methyl sites for hydroxylation is 1. The molecule has 0 fully saturated rings. The zero-order chi connectivity index (χ0) is 14.9. The van der Waals surface area contributed by atoms with E-state index < -0.39 is 0 Å².